The maximum absolute atomic E-state index is 13.4. The number of benzene rings is 3. The Bertz CT molecular complexity index is 1470. The van der Waals surface area contributed by atoms with Gasteiger partial charge in [0.2, 0.25) is 0 Å². The molecule has 3 aromatic carbocycles. The van der Waals surface area contributed by atoms with E-state index in [9.17, 15) is 26.4 Å². The first-order valence-electron chi connectivity index (χ1n) is 11.2. The molecule has 3 aromatic rings. The van der Waals surface area contributed by atoms with E-state index in [0.717, 1.165) is 6.07 Å². The van der Waals surface area contributed by atoms with Crippen molar-refractivity contribution in [3.8, 4) is 11.5 Å². The molecule has 0 aliphatic rings. The van der Waals surface area contributed by atoms with E-state index in [0.29, 0.717) is 33.5 Å². The molecule has 0 saturated carbocycles. The maximum Gasteiger partial charge on any atom is 0.416 e. The Balaban J connectivity index is 1.88. The van der Waals surface area contributed by atoms with Crippen LogP contribution in [0.15, 0.2) is 89.4 Å². The van der Waals surface area contributed by atoms with Gasteiger partial charge in [-0.05, 0) is 54.1 Å². The molecule has 0 aliphatic carbocycles. The van der Waals surface area contributed by atoms with Gasteiger partial charge in [0, 0.05) is 0 Å². The molecule has 0 spiro atoms. The van der Waals surface area contributed by atoms with Crippen LogP contribution in [0.4, 0.5) is 18.9 Å². The van der Waals surface area contributed by atoms with E-state index in [2.05, 4.69) is 17.1 Å². The molecule has 0 saturated heterocycles. The van der Waals surface area contributed by atoms with Crippen LogP contribution in [-0.4, -0.2) is 40.8 Å². The SMILES string of the molecule is C=CCOc1ccc(C=NNC(=O)CN(c2cc(C(F)(F)F)ccc2Cl)S(=O)(=O)c2ccccc2)cc1OC. The number of halogens is 4. The molecule has 39 heavy (non-hydrogen) atoms. The smallest absolute Gasteiger partial charge is 0.416 e. The fourth-order valence-corrected chi connectivity index (χ4v) is 5.00. The minimum atomic E-state index is -4.78. The van der Waals surface area contributed by atoms with Gasteiger partial charge in [0.25, 0.3) is 15.9 Å². The number of alkyl halides is 3. The summed E-state index contributed by atoms with van der Waals surface area (Å²) in [6.45, 7) is 2.92. The van der Waals surface area contributed by atoms with Crippen LogP contribution in [0.25, 0.3) is 0 Å². The third kappa shape index (κ3) is 7.52. The van der Waals surface area contributed by atoms with E-state index < -0.39 is 39.9 Å². The minimum Gasteiger partial charge on any atom is -0.493 e. The second kappa shape index (κ2) is 12.7. The summed E-state index contributed by atoms with van der Waals surface area (Å²) in [6, 6.07) is 14.0. The van der Waals surface area contributed by atoms with Crippen molar-refractivity contribution in [3.05, 3.63) is 95.5 Å². The average Bonchev–Trinajstić information content (AvgIpc) is 2.91. The molecule has 0 radical (unpaired) electrons. The molecule has 0 unspecified atom stereocenters. The van der Waals surface area contributed by atoms with Gasteiger partial charge in [0.05, 0.1) is 34.5 Å². The molecular weight excluding hydrogens is 559 g/mol. The number of nitrogens with zero attached hydrogens (tertiary/aromatic N) is 2. The van der Waals surface area contributed by atoms with Gasteiger partial charge >= 0.3 is 6.18 Å². The summed E-state index contributed by atoms with van der Waals surface area (Å²) in [5.74, 6) is -0.0816. The second-order valence-corrected chi connectivity index (χ2v) is 10.1. The molecule has 0 atom stereocenters. The number of anilines is 1. The predicted octanol–water partition coefficient (Wildman–Crippen LogP) is 5.28. The number of hydrazone groups is 1. The third-order valence-corrected chi connectivity index (χ3v) is 7.20. The molecule has 8 nitrogen and oxygen atoms in total. The van der Waals surface area contributed by atoms with Crippen molar-refractivity contribution < 1.29 is 35.9 Å². The van der Waals surface area contributed by atoms with Gasteiger partial charge in [-0.25, -0.2) is 13.8 Å². The Labute approximate surface area is 228 Å². The zero-order valence-corrected chi connectivity index (χ0v) is 22.1. The second-order valence-electron chi connectivity index (χ2n) is 7.79. The lowest BCUT2D eigenvalue weighted by Crippen LogP contribution is -2.40. The zero-order valence-electron chi connectivity index (χ0n) is 20.5. The summed E-state index contributed by atoms with van der Waals surface area (Å²) in [6.07, 6.45) is -1.94. The van der Waals surface area contributed by atoms with Gasteiger partial charge in [0.15, 0.2) is 11.5 Å². The number of carbonyl (C=O) groups is 1. The number of amides is 1. The molecule has 206 valence electrons. The highest BCUT2D eigenvalue weighted by Crippen LogP contribution is 2.37. The highest BCUT2D eigenvalue weighted by Gasteiger charge is 2.34. The summed E-state index contributed by atoms with van der Waals surface area (Å²) < 4.78 is 78.2. The van der Waals surface area contributed by atoms with E-state index >= 15 is 0 Å². The van der Waals surface area contributed by atoms with Gasteiger partial charge in [-0.3, -0.25) is 9.10 Å². The van der Waals surface area contributed by atoms with Gasteiger partial charge in [-0.1, -0.05) is 42.5 Å². The molecule has 1 amide bonds. The van der Waals surface area contributed by atoms with E-state index in [1.807, 2.05) is 0 Å². The maximum atomic E-state index is 13.4. The van der Waals surface area contributed by atoms with Crippen LogP contribution >= 0.6 is 11.6 Å². The predicted molar refractivity (Wildman–Crippen MR) is 142 cm³/mol. The Morgan fingerprint density at radius 1 is 1.10 bits per heavy atom. The van der Waals surface area contributed by atoms with Crippen LogP contribution in [0.3, 0.4) is 0 Å². The lowest BCUT2D eigenvalue weighted by atomic mass is 10.2. The van der Waals surface area contributed by atoms with E-state index in [4.69, 9.17) is 21.1 Å². The Morgan fingerprint density at radius 2 is 1.82 bits per heavy atom. The number of methoxy groups -OCH3 is 1. The summed E-state index contributed by atoms with van der Waals surface area (Å²) >= 11 is 6.11. The monoisotopic (exact) mass is 581 g/mol. The Kier molecular flexibility index (Phi) is 9.60. The van der Waals surface area contributed by atoms with Crippen LogP contribution in [0.2, 0.25) is 5.02 Å². The molecule has 1 N–H and O–H groups in total. The first-order valence-corrected chi connectivity index (χ1v) is 13.0. The molecule has 3 rings (SSSR count). The highest BCUT2D eigenvalue weighted by molar-refractivity contribution is 7.92. The standard InChI is InChI=1S/C26H23ClF3N3O5S/c1-3-13-38-23-12-9-18(14-24(23)37-2)16-31-32-25(34)17-33(39(35,36)20-7-5-4-6-8-20)22-15-19(26(28,29)30)10-11-21(22)27/h3-12,14-16H,1,13,17H2,2H3,(H,32,34). The number of ether oxygens (including phenoxy) is 2. The molecular formula is C26H23ClF3N3O5S. The normalized spacial score (nSPS) is 11.7. The van der Waals surface area contributed by atoms with Crippen molar-refractivity contribution >= 4 is 39.4 Å². The van der Waals surface area contributed by atoms with Gasteiger partial charge < -0.3 is 9.47 Å². The number of rotatable bonds is 11. The topological polar surface area (TPSA) is 97.3 Å². The molecule has 0 fully saturated rings. The highest BCUT2D eigenvalue weighted by atomic mass is 35.5. The van der Waals surface area contributed by atoms with E-state index in [1.165, 1.54) is 37.6 Å². The van der Waals surface area contributed by atoms with Gasteiger partial charge in [-0.2, -0.15) is 18.3 Å². The fourth-order valence-electron chi connectivity index (χ4n) is 3.28. The summed E-state index contributed by atoms with van der Waals surface area (Å²) in [7, 11) is -3.06. The van der Waals surface area contributed by atoms with Gasteiger partial charge in [0.1, 0.15) is 13.2 Å². The Hall–Kier alpha value is -4.03. The zero-order chi connectivity index (χ0) is 28.6. The fraction of sp³-hybridized carbons (Fsp3) is 0.154. The average molecular weight is 582 g/mol. The quantitative estimate of drug-likeness (QED) is 0.189. The number of carbonyl (C=O) groups excluding carboxylic acids is 1. The van der Waals surface area contributed by atoms with E-state index in [1.54, 1.807) is 30.3 Å². The number of hydrogen-bond acceptors (Lipinski definition) is 6. The van der Waals surface area contributed by atoms with Crippen LogP contribution in [-0.2, 0) is 21.0 Å². The minimum absolute atomic E-state index is 0.249. The van der Waals surface area contributed by atoms with Crippen molar-refractivity contribution in [1.82, 2.24) is 5.43 Å². The Morgan fingerprint density at radius 3 is 2.46 bits per heavy atom. The molecule has 0 aromatic heterocycles. The van der Waals surface area contributed by atoms with Crippen LogP contribution < -0.4 is 19.2 Å². The molecule has 13 heteroatoms. The van der Waals surface area contributed by atoms with Crippen molar-refractivity contribution in [3.63, 3.8) is 0 Å². The van der Waals surface area contributed by atoms with Gasteiger partial charge in [-0.15, -0.1) is 0 Å². The molecule has 0 heterocycles. The number of nitrogens with one attached hydrogen (secondary N) is 1. The first kappa shape index (κ1) is 29.5. The van der Waals surface area contributed by atoms with Crippen LogP contribution in [0, 0.1) is 0 Å². The number of sulfonamides is 1. The van der Waals surface area contributed by atoms with E-state index in [-0.39, 0.29) is 16.5 Å². The number of hydrogen-bond donors (Lipinski definition) is 1. The first-order chi connectivity index (χ1) is 18.5. The molecule has 0 bridgehead atoms. The van der Waals surface area contributed by atoms with Crippen molar-refractivity contribution in [2.45, 2.75) is 11.1 Å². The van der Waals surface area contributed by atoms with Crippen LogP contribution in [0.5, 0.6) is 11.5 Å². The van der Waals surface area contributed by atoms with Crippen molar-refractivity contribution in [1.29, 1.82) is 0 Å². The summed E-state index contributed by atoms with van der Waals surface area (Å²) in [5, 5.41) is 3.52. The summed E-state index contributed by atoms with van der Waals surface area (Å²) in [5.41, 5.74) is 1.03. The lowest BCUT2D eigenvalue weighted by molar-refractivity contribution is -0.137. The van der Waals surface area contributed by atoms with Crippen LogP contribution in [0.1, 0.15) is 11.1 Å². The molecule has 0 aliphatic heterocycles. The van der Waals surface area contributed by atoms with Crippen molar-refractivity contribution in [2.24, 2.45) is 5.10 Å². The largest absolute Gasteiger partial charge is 0.493 e. The summed E-state index contributed by atoms with van der Waals surface area (Å²) in [4.78, 5) is 12.5. The lowest BCUT2D eigenvalue weighted by Gasteiger charge is -2.25. The van der Waals surface area contributed by atoms with Crippen molar-refractivity contribution in [2.75, 3.05) is 24.6 Å². The third-order valence-electron chi connectivity index (χ3n) is 5.11.